The molecule has 7 nitrogen and oxygen atoms in total. The molecule has 5 rings (SSSR count). The lowest BCUT2D eigenvalue weighted by Gasteiger charge is -2.58. The maximum atomic E-state index is 12.7. The van der Waals surface area contributed by atoms with E-state index in [9.17, 15) is 23.1 Å². The third-order valence-electron chi connectivity index (χ3n) is 6.40. The zero-order valence-corrected chi connectivity index (χ0v) is 15.0. The van der Waals surface area contributed by atoms with Crippen LogP contribution in [-0.4, -0.2) is 55.2 Å². The van der Waals surface area contributed by atoms with E-state index in [2.05, 4.69) is 5.32 Å². The molecule has 25 heavy (non-hydrogen) atoms. The van der Waals surface area contributed by atoms with Crippen LogP contribution in [0.15, 0.2) is 0 Å². The summed E-state index contributed by atoms with van der Waals surface area (Å²) in [6.07, 6.45) is 4.95. The summed E-state index contributed by atoms with van der Waals surface area (Å²) in [5.74, 6) is -0.0596. The van der Waals surface area contributed by atoms with Gasteiger partial charge in [-0.05, 0) is 56.8 Å². The Morgan fingerprint density at radius 3 is 2.40 bits per heavy atom. The van der Waals surface area contributed by atoms with Crippen molar-refractivity contribution in [2.45, 2.75) is 56.6 Å². The van der Waals surface area contributed by atoms with Gasteiger partial charge in [0.1, 0.15) is 0 Å². The van der Waals surface area contributed by atoms with E-state index >= 15 is 0 Å². The van der Waals surface area contributed by atoms with Gasteiger partial charge in [-0.3, -0.25) is 9.59 Å². The lowest BCUT2D eigenvalue weighted by molar-refractivity contribution is -0.196. The van der Waals surface area contributed by atoms with Crippen LogP contribution < -0.4 is 5.32 Å². The fourth-order valence-corrected chi connectivity index (χ4v) is 7.59. The van der Waals surface area contributed by atoms with E-state index in [1.807, 2.05) is 0 Å². The lowest BCUT2D eigenvalue weighted by Crippen LogP contribution is -2.58. The summed E-state index contributed by atoms with van der Waals surface area (Å²) in [6.45, 7) is -0.384. The number of hydrogen-bond acceptors (Lipinski definition) is 6. The third kappa shape index (κ3) is 3.30. The third-order valence-corrected chi connectivity index (χ3v) is 8.16. The van der Waals surface area contributed by atoms with Crippen LogP contribution >= 0.6 is 0 Å². The second kappa shape index (κ2) is 5.67. The van der Waals surface area contributed by atoms with E-state index in [1.54, 1.807) is 0 Å². The maximum Gasteiger partial charge on any atom is 0.312 e. The van der Waals surface area contributed by atoms with Crippen molar-refractivity contribution in [2.24, 2.45) is 17.3 Å². The minimum Gasteiger partial charge on any atom is -0.455 e. The lowest BCUT2D eigenvalue weighted by atomic mass is 9.48. The summed E-state index contributed by atoms with van der Waals surface area (Å²) in [5, 5.41) is 13.3. The highest BCUT2D eigenvalue weighted by molar-refractivity contribution is 7.91. The molecule has 8 heteroatoms. The van der Waals surface area contributed by atoms with Crippen LogP contribution in [0.1, 0.15) is 44.9 Å². The highest BCUT2D eigenvalue weighted by Crippen LogP contribution is 2.61. The smallest absolute Gasteiger partial charge is 0.312 e. The van der Waals surface area contributed by atoms with Crippen molar-refractivity contribution in [3.63, 3.8) is 0 Å². The number of hydrogen-bond donors (Lipinski definition) is 2. The summed E-state index contributed by atoms with van der Waals surface area (Å²) in [6, 6.07) is -0.392. The predicted molar refractivity (Wildman–Crippen MR) is 88.2 cm³/mol. The zero-order chi connectivity index (χ0) is 17.9. The molecule has 5 aliphatic rings. The molecule has 0 aromatic carbocycles. The van der Waals surface area contributed by atoms with Gasteiger partial charge in [-0.15, -0.1) is 0 Å². The molecule has 1 aliphatic heterocycles. The van der Waals surface area contributed by atoms with Gasteiger partial charge in [-0.1, -0.05) is 0 Å². The molecule has 4 saturated carbocycles. The Hall–Kier alpha value is -1.15. The number of rotatable bonds is 4. The number of carbonyl (C=O) groups excluding carboxylic acids is 2. The standard InChI is InChI=1S/C17H25NO6S/c19-14(18-13-1-2-25(22,23)9-13)8-24-15(20)16-4-11-3-12(5-16)7-17(21,6-11)10-16/h11-13,21H,1-10H2,(H,18,19)/t11-,12+,13-,16?,17?/m1/s1. The van der Waals surface area contributed by atoms with Crippen LogP contribution in [0.3, 0.4) is 0 Å². The molecule has 2 unspecified atom stereocenters. The Morgan fingerprint density at radius 2 is 1.84 bits per heavy atom. The molecule has 0 radical (unpaired) electrons. The van der Waals surface area contributed by atoms with E-state index in [4.69, 9.17) is 4.74 Å². The first kappa shape index (κ1) is 17.3. The minimum absolute atomic E-state index is 0.0486. The van der Waals surface area contributed by atoms with Crippen molar-refractivity contribution in [3.05, 3.63) is 0 Å². The van der Waals surface area contributed by atoms with Crippen molar-refractivity contribution < 1.29 is 27.9 Å². The van der Waals surface area contributed by atoms with Crippen LogP contribution in [0.2, 0.25) is 0 Å². The van der Waals surface area contributed by atoms with Gasteiger partial charge in [0, 0.05) is 6.04 Å². The van der Waals surface area contributed by atoms with E-state index in [0.717, 1.165) is 32.1 Å². The Balaban J connectivity index is 1.33. The van der Waals surface area contributed by atoms with Gasteiger partial charge in [0.25, 0.3) is 5.91 Å². The first-order chi connectivity index (χ1) is 11.7. The van der Waals surface area contributed by atoms with Gasteiger partial charge < -0.3 is 15.2 Å². The van der Waals surface area contributed by atoms with Crippen LogP contribution in [0.5, 0.6) is 0 Å². The van der Waals surface area contributed by atoms with E-state index in [-0.39, 0.29) is 24.1 Å². The summed E-state index contributed by atoms with van der Waals surface area (Å²) >= 11 is 0. The fraction of sp³-hybridized carbons (Fsp3) is 0.882. The molecular weight excluding hydrogens is 346 g/mol. The number of carbonyl (C=O) groups is 2. The molecule has 140 valence electrons. The first-order valence-electron chi connectivity index (χ1n) is 9.06. The SMILES string of the molecule is O=C(COC(=O)C12C[C@@H]3C[C@@H](CC(O)(C3)C1)C2)N[C@@H]1CCS(=O)(=O)C1. The van der Waals surface area contributed by atoms with Crippen LogP contribution in [0.4, 0.5) is 0 Å². The predicted octanol–water partition coefficient (Wildman–Crippen LogP) is 0.164. The average Bonchev–Trinajstić information content (AvgIpc) is 2.81. The van der Waals surface area contributed by atoms with Crippen LogP contribution in [0, 0.1) is 17.3 Å². The summed E-state index contributed by atoms with van der Waals surface area (Å²) in [4.78, 5) is 24.6. The second-order valence-corrected chi connectivity index (χ2v) is 10.9. The molecule has 5 fully saturated rings. The highest BCUT2D eigenvalue weighted by atomic mass is 32.2. The monoisotopic (exact) mass is 371 g/mol. The Bertz CT molecular complexity index is 688. The molecule has 5 atom stereocenters. The van der Waals surface area contributed by atoms with Gasteiger partial charge >= 0.3 is 5.97 Å². The quantitative estimate of drug-likeness (QED) is 0.682. The number of amides is 1. The van der Waals surface area contributed by atoms with Crippen molar-refractivity contribution in [3.8, 4) is 0 Å². The van der Waals surface area contributed by atoms with E-state index in [0.29, 0.717) is 24.7 Å². The van der Waals surface area contributed by atoms with E-state index < -0.39 is 32.8 Å². The molecule has 4 aliphatic carbocycles. The van der Waals surface area contributed by atoms with Crippen molar-refractivity contribution >= 4 is 21.7 Å². The molecule has 4 bridgehead atoms. The molecule has 1 amide bonds. The molecule has 1 saturated heterocycles. The zero-order valence-electron chi connectivity index (χ0n) is 14.2. The average molecular weight is 371 g/mol. The van der Waals surface area contributed by atoms with Crippen molar-refractivity contribution in [1.29, 1.82) is 0 Å². The number of nitrogens with one attached hydrogen (secondary N) is 1. The largest absolute Gasteiger partial charge is 0.455 e. The number of ether oxygens (including phenoxy) is 1. The number of aliphatic hydroxyl groups is 1. The summed E-state index contributed by atoms with van der Waals surface area (Å²) in [7, 11) is -3.06. The van der Waals surface area contributed by atoms with Gasteiger partial charge in [-0.25, -0.2) is 8.42 Å². The highest BCUT2D eigenvalue weighted by Gasteiger charge is 2.60. The van der Waals surface area contributed by atoms with Gasteiger partial charge in [-0.2, -0.15) is 0 Å². The van der Waals surface area contributed by atoms with Gasteiger partial charge in [0.2, 0.25) is 0 Å². The summed E-state index contributed by atoms with van der Waals surface area (Å²) < 4.78 is 28.1. The maximum absolute atomic E-state index is 12.7. The minimum atomic E-state index is -3.06. The number of esters is 1. The Labute approximate surface area is 147 Å². The first-order valence-corrected chi connectivity index (χ1v) is 10.9. The second-order valence-electron chi connectivity index (χ2n) is 8.71. The van der Waals surface area contributed by atoms with Crippen molar-refractivity contribution in [2.75, 3.05) is 18.1 Å². The van der Waals surface area contributed by atoms with Crippen LogP contribution in [0.25, 0.3) is 0 Å². The molecule has 1 heterocycles. The van der Waals surface area contributed by atoms with Crippen molar-refractivity contribution in [1.82, 2.24) is 5.32 Å². The molecule has 2 N–H and O–H groups in total. The topological polar surface area (TPSA) is 110 Å². The number of sulfone groups is 1. The van der Waals surface area contributed by atoms with E-state index in [1.165, 1.54) is 0 Å². The van der Waals surface area contributed by atoms with Gasteiger partial charge in [0.05, 0.1) is 22.5 Å². The molecule has 0 spiro atoms. The molecular formula is C17H25NO6S. The van der Waals surface area contributed by atoms with Crippen LogP contribution in [-0.2, 0) is 24.2 Å². The summed E-state index contributed by atoms with van der Waals surface area (Å²) in [5.41, 5.74) is -1.39. The molecule has 0 aromatic rings. The Kier molecular flexibility index (Phi) is 3.92. The van der Waals surface area contributed by atoms with Gasteiger partial charge in [0.15, 0.2) is 16.4 Å². The normalized spacial score (nSPS) is 43.8. The molecule has 0 aromatic heterocycles. The Morgan fingerprint density at radius 1 is 1.16 bits per heavy atom. The fourth-order valence-electron chi connectivity index (χ4n) is 5.92.